The van der Waals surface area contributed by atoms with Crippen LogP contribution in [0.15, 0.2) is 30.6 Å². The van der Waals surface area contributed by atoms with Gasteiger partial charge in [0, 0.05) is 12.1 Å². The molecule has 94 valence electrons. The van der Waals surface area contributed by atoms with Crippen LogP contribution in [-0.2, 0) is 13.0 Å². The van der Waals surface area contributed by atoms with Gasteiger partial charge in [-0.2, -0.15) is 0 Å². The zero-order valence-corrected chi connectivity index (χ0v) is 10.8. The van der Waals surface area contributed by atoms with Crippen LogP contribution in [0.5, 0.6) is 0 Å². The van der Waals surface area contributed by atoms with Crippen molar-refractivity contribution in [3.05, 3.63) is 47.3 Å². The molecular formula is C14H18N4. The summed E-state index contributed by atoms with van der Waals surface area (Å²) in [5.74, 6) is 1.38. The molecule has 0 saturated heterocycles. The molecule has 0 aliphatic rings. The zero-order valence-electron chi connectivity index (χ0n) is 10.8. The lowest BCUT2D eigenvalue weighted by Gasteiger charge is -2.11. The summed E-state index contributed by atoms with van der Waals surface area (Å²) in [5, 5.41) is 3.32. The third-order valence-electron chi connectivity index (χ3n) is 2.87. The number of rotatable bonds is 4. The van der Waals surface area contributed by atoms with Crippen LogP contribution in [0.1, 0.15) is 23.6 Å². The number of nitrogens with one attached hydrogen (secondary N) is 1. The Morgan fingerprint density at radius 3 is 2.83 bits per heavy atom. The molecule has 2 aromatic rings. The predicted molar refractivity (Wildman–Crippen MR) is 74.3 cm³/mol. The minimum absolute atomic E-state index is 0.555. The lowest BCUT2D eigenvalue weighted by molar-refractivity contribution is 1.02. The molecule has 1 aromatic heterocycles. The summed E-state index contributed by atoms with van der Waals surface area (Å²) in [7, 11) is 0. The van der Waals surface area contributed by atoms with E-state index in [1.807, 2.05) is 6.92 Å². The quantitative estimate of drug-likeness (QED) is 0.864. The summed E-state index contributed by atoms with van der Waals surface area (Å²) < 4.78 is 0. The fourth-order valence-corrected chi connectivity index (χ4v) is 1.93. The monoisotopic (exact) mass is 242 g/mol. The standard InChI is InChI=1S/C14H18N4/c1-3-12-13(15)17-9-18-14(12)16-8-11-6-4-5-10(2)7-11/h4-7,9H,3,8H2,1-2H3,(H3,15,16,17,18). The van der Waals surface area contributed by atoms with E-state index in [2.05, 4.69) is 46.5 Å². The van der Waals surface area contributed by atoms with Crippen LogP contribution in [0.25, 0.3) is 0 Å². The highest BCUT2D eigenvalue weighted by Gasteiger charge is 2.06. The minimum Gasteiger partial charge on any atom is -0.383 e. The highest BCUT2D eigenvalue weighted by atomic mass is 15.0. The van der Waals surface area contributed by atoms with Gasteiger partial charge in [-0.15, -0.1) is 0 Å². The molecule has 0 fully saturated rings. The van der Waals surface area contributed by atoms with Crippen molar-refractivity contribution in [1.82, 2.24) is 9.97 Å². The van der Waals surface area contributed by atoms with E-state index < -0.39 is 0 Å². The van der Waals surface area contributed by atoms with Crippen molar-refractivity contribution in [3.8, 4) is 0 Å². The number of nitrogens with two attached hydrogens (primary N) is 1. The molecule has 0 spiro atoms. The molecule has 0 aliphatic carbocycles. The zero-order chi connectivity index (χ0) is 13.0. The number of hydrogen-bond donors (Lipinski definition) is 2. The van der Waals surface area contributed by atoms with Crippen molar-refractivity contribution in [2.24, 2.45) is 0 Å². The maximum Gasteiger partial charge on any atom is 0.134 e. The largest absolute Gasteiger partial charge is 0.383 e. The van der Waals surface area contributed by atoms with E-state index in [-0.39, 0.29) is 0 Å². The Morgan fingerprint density at radius 2 is 2.11 bits per heavy atom. The first-order chi connectivity index (χ1) is 8.70. The summed E-state index contributed by atoms with van der Waals surface area (Å²) in [6, 6.07) is 8.39. The third kappa shape index (κ3) is 2.77. The second kappa shape index (κ2) is 5.49. The fraction of sp³-hybridized carbons (Fsp3) is 0.286. The van der Waals surface area contributed by atoms with Crippen molar-refractivity contribution < 1.29 is 0 Å². The van der Waals surface area contributed by atoms with Gasteiger partial charge < -0.3 is 11.1 Å². The number of benzene rings is 1. The molecule has 0 aliphatic heterocycles. The normalized spacial score (nSPS) is 10.3. The summed E-state index contributed by atoms with van der Waals surface area (Å²) >= 11 is 0. The second-order valence-corrected chi connectivity index (χ2v) is 4.28. The molecule has 0 saturated carbocycles. The highest BCUT2D eigenvalue weighted by molar-refractivity contribution is 5.55. The van der Waals surface area contributed by atoms with Crippen LogP contribution in [0, 0.1) is 6.92 Å². The smallest absolute Gasteiger partial charge is 0.134 e. The number of anilines is 2. The average Bonchev–Trinajstić information content (AvgIpc) is 2.36. The molecule has 4 nitrogen and oxygen atoms in total. The molecule has 18 heavy (non-hydrogen) atoms. The van der Waals surface area contributed by atoms with E-state index >= 15 is 0 Å². The first-order valence-electron chi connectivity index (χ1n) is 6.09. The van der Waals surface area contributed by atoms with E-state index in [9.17, 15) is 0 Å². The van der Waals surface area contributed by atoms with Gasteiger partial charge in [0.15, 0.2) is 0 Å². The Bertz CT molecular complexity index is 537. The Hall–Kier alpha value is -2.10. The summed E-state index contributed by atoms with van der Waals surface area (Å²) in [5.41, 5.74) is 9.30. The van der Waals surface area contributed by atoms with Crippen LogP contribution >= 0.6 is 0 Å². The van der Waals surface area contributed by atoms with E-state index in [1.54, 1.807) is 0 Å². The van der Waals surface area contributed by atoms with E-state index in [0.717, 1.165) is 24.3 Å². The van der Waals surface area contributed by atoms with Gasteiger partial charge >= 0.3 is 0 Å². The van der Waals surface area contributed by atoms with Gasteiger partial charge in [0.1, 0.15) is 18.0 Å². The first-order valence-corrected chi connectivity index (χ1v) is 6.09. The molecule has 3 N–H and O–H groups in total. The van der Waals surface area contributed by atoms with Gasteiger partial charge in [-0.3, -0.25) is 0 Å². The highest BCUT2D eigenvalue weighted by Crippen LogP contribution is 2.18. The molecule has 4 heteroatoms. The van der Waals surface area contributed by atoms with Gasteiger partial charge in [-0.05, 0) is 18.9 Å². The summed E-state index contributed by atoms with van der Waals surface area (Å²) in [4.78, 5) is 8.25. The molecule has 0 radical (unpaired) electrons. The molecule has 1 aromatic carbocycles. The second-order valence-electron chi connectivity index (χ2n) is 4.28. The van der Waals surface area contributed by atoms with Crippen LogP contribution in [0.2, 0.25) is 0 Å². The van der Waals surface area contributed by atoms with Gasteiger partial charge in [0.2, 0.25) is 0 Å². The minimum atomic E-state index is 0.555. The average molecular weight is 242 g/mol. The molecule has 2 rings (SSSR count). The Balaban J connectivity index is 2.13. The van der Waals surface area contributed by atoms with Crippen LogP contribution in [0.4, 0.5) is 11.6 Å². The number of aryl methyl sites for hydroxylation is 1. The Labute approximate surface area is 107 Å². The molecule has 0 atom stereocenters. The summed E-state index contributed by atoms with van der Waals surface area (Å²) in [6.07, 6.45) is 2.32. The van der Waals surface area contributed by atoms with Crippen molar-refractivity contribution in [3.63, 3.8) is 0 Å². The first kappa shape index (κ1) is 12.4. The van der Waals surface area contributed by atoms with Crippen LogP contribution < -0.4 is 11.1 Å². The number of nitrogens with zero attached hydrogens (tertiary/aromatic N) is 2. The SMILES string of the molecule is CCc1c(N)ncnc1NCc1cccc(C)c1. The predicted octanol–water partition coefficient (Wildman–Crippen LogP) is 2.54. The molecule has 1 heterocycles. The van der Waals surface area contributed by atoms with Gasteiger partial charge in [0.25, 0.3) is 0 Å². The lowest BCUT2D eigenvalue weighted by Crippen LogP contribution is -2.07. The lowest BCUT2D eigenvalue weighted by atomic mass is 10.1. The topological polar surface area (TPSA) is 63.8 Å². The number of nitrogen functional groups attached to an aromatic ring is 1. The van der Waals surface area contributed by atoms with Gasteiger partial charge in [-0.1, -0.05) is 36.8 Å². The Kier molecular flexibility index (Phi) is 3.77. The van der Waals surface area contributed by atoms with Crippen LogP contribution in [-0.4, -0.2) is 9.97 Å². The maximum absolute atomic E-state index is 5.83. The van der Waals surface area contributed by atoms with E-state index in [1.165, 1.54) is 17.5 Å². The Morgan fingerprint density at radius 1 is 1.28 bits per heavy atom. The fourth-order valence-electron chi connectivity index (χ4n) is 1.93. The van der Waals surface area contributed by atoms with Crippen molar-refractivity contribution in [2.45, 2.75) is 26.8 Å². The van der Waals surface area contributed by atoms with E-state index in [0.29, 0.717) is 5.82 Å². The summed E-state index contributed by atoms with van der Waals surface area (Å²) in [6.45, 7) is 4.88. The van der Waals surface area contributed by atoms with Crippen molar-refractivity contribution in [2.75, 3.05) is 11.1 Å². The van der Waals surface area contributed by atoms with Crippen LogP contribution in [0.3, 0.4) is 0 Å². The number of hydrogen-bond acceptors (Lipinski definition) is 4. The molecular weight excluding hydrogens is 224 g/mol. The van der Waals surface area contributed by atoms with Gasteiger partial charge in [0.05, 0.1) is 0 Å². The third-order valence-corrected chi connectivity index (χ3v) is 2.87. The van der Waals surface area contributed by atoms with Gasteiger partial charge in [-0.25, -0.2) is 9.97 Å². The number of aromatic nitrogens is 2. The van der Waals surface area contributed by atoms with Crippen molar-refractivity contribution >= 4 is 11.6 Å². The van der Waals surface area contributed by atoms with E-state index in [4.69, 9.17) is 5.73 Å². The van der Waals surface area contributed by atoms with Crippen molar-refractivity contribution in [1.29, 1.82) is 0 Å². The molecule has 0 bridgehead atoms. The maximum atomic E-state index is 5.83. The molecule has 0 unspecified atom stereocenters. The molecule has 0 amide bonds.